The fourth-order valence-electron chi connectivity index (χ4n) is 1.42. The molecule has 2 aromatic rings. The summed E-state index contributed by atoms with van der Waals surface area (Å²) in [4.78, 5) is 4.05. The predicted molar refractivity (Wildman–Crippen MR) is 67.1 cm³/mol. The van der Waals surface area contributed by atoms with Gasteiger partial charge in [0.1, 0.15) is 5.15 Å². The van der Waals surface area contributed by atoms with Gasteiger partial charge < -0.3 is 9.47 Å². The molecule has 0 saturated carbocycles. The van der Waals surface area contributed by atoms with E-state index in [1.165, 1.54) is 0 Å². The molecule has 0 saturated heterocycles. The van der Waals surface area contributed by atoms with Crippen molar-refractivity contribution >= 4 is 11.6 Å². The highest BCUT2D eigenvalue weighted by molar-refractivity contribution is 6.29. The van der Waals surface area contributed by atoms with Crippen LogP contribution >= 0.6 is 11.6 Å². The summed E-state index contributed by atoms with van der Waals surface area (Å²) in [6, 6.07) is 10.9. The van der Waals surface area contributed by atoms with E-state index in [1.54, 1.807) is 25.3 Å². The van der Waals surface area contributed by atoms with Crippen molar-refractivity contribution in [3.63, 3.8) is 0 Å². The first-order valence-corrected chi connectivity index (χ1v) is 5.52. The van der Waals surface area contributed by atoms with Crippen molar-refractivity contribution in [2.24, 2.45) is 0 Å². The summed E-state index contributed by atoms with van der Waals surface area (Å²) in [7, 11) is 1.60. The van der Waals surface area contributed by atoms with Gasteiger partial charge in [-0.1, -0.05) is 23.7 Å². The highest BCUT2D eigenvalue weighted by Crippen LogP contribution is 2.31. The van der Waals surface area contributed by atoms with E-state index >= 15 is 0 Å². The highest BCUT2D eigenvalue weighted by Gasteiger charge is 2.06. The zero-order valence-corrected chi connectivity index (χ0v) is 10.4. The van der Waals surface area contributed by atoms with E-state index in [-0.39, 0.29) is 0 Å². The molecule has 0 amide bonds. The average molecular weight is 250 g/mol. The third kappa shape index (κ3) is 2.88. The molecule has 4 heteroatoms. The van der Waals surface area contributed by atoms with Gasteiger partial charge in [-0.3, -0.25) is 0 Å². The van der Waals surface area contributed by atoms with E-state index in [2.05, 4.69) is 4.98 Å². The SMILES string of the molecule is COc1cc(C)ccc1Oc1cccc(Cl)n1. The lowest BCUT2D eigenvalue weighted by molar-refractivity contribution is 0.374. The number of benzene rings is 1. The molecule has 88 valence electrons. The van der Waals surface area contributed by atoms with E-state index in [0.717, 1.165) is 5.56 Å². The molecule has 0 N–H and O–H groups in total. The molecule has 17 heavy (non-hydrogen) atoms. The van der Waals surface area contributed by atoms with Crippen LogP contribution in [0, 0.1) is 6.92 Å². The number of nitrogens with zero attached hydrogens (tertiary/aromatic N) is 1. The van der Waals surface area contributed by atoms with Crippen LogP contribution in [0.25, 0.3) is 0 Å². The molecule has 0 aliphatic heterocycles. The minimum atomic E-state index is 0.397. The second-order valence-corrected chi connectivity index (χ2v) is 3.94. The minimum Gasteiger partial charge on any atom is -0.493 e. The molecule has 0 fully saturated rings. The molecular formula is C13H12ClNO2. The first-order chi connectivity index (χ1) is 8.19. The summed E-state index contributed by atoms with van der Waals surface area (Å²) in [6.07, 6.45) is 0. The van der Waals surface area contributed by atoms with Crippen LogP contribution in [0.5, 0.6) is 17.4 Å². The molecule has 1 aromatic carbocycles. The fraction of sp³-hybridized carbons (Fsp3) is 0.154. The fourth-order valence-corrected chi connectivity index (χ4v) is 1.57. The summed E-state index contributed by atoms with van der Waals surface area (Å²) in [5.41, 5.74) is 1.10. The Balaban J connectivity index is 2.29. The Bertz CT molecular complexity index is 529. The van der Waals surface area contributed by atoms with Crippen LogP contribution < -0.4 is 9.47 Å². The number of methoxy groups -OCH3 is 1. The standard InChI is InChI=1S/C13H12ClNO2/c1-9-6-7-10(11(8-9)16-2)17-13-5-3-4-12(14)15-13/h3-8H,1-2H3. The Morgan fingerprint density at radius 1 is 1.12 bits per heavy atom. The lowest BCUT2D eigenvalue weighted by Crippen LogP contribution is -1.92. The first kappa shape index (κ1) is 11.7. The monoisotopic (exact) mass is 249 g/mol. The van der Waals surface area contributed by atoms with E-state index in [4.69, 9.17) is 21.1 Å². The quantitative estimate of drug-likeness (QED) is 0.775. The molecular weight excluding hydrogens is 238 g/mol. The molecule has 0 radical (unpaired) electrons. The second kappa shape index (κ2) is 5.06. The summed E-state index contributed by atoms with van der Waals surface area (Å²) in [5.74, 6) is 1.74. The van der Waals surface area contributed by atoms with Crippen LogP contribution in [0.2, 0.25) is 5.15 Å². The molecule has 0 bridgehead atoms. The van der Waals surface area contributed by atoms with E-state index in [9.17, 15) is 0 Å². The molecule has 0 atom stereocenters. The number of ether oxygens (including phenoxy) is 2. The topological polar surface area (TPSA) is 31.4 Å². The normalized spacial score (nSPS) is 10.1. The van der Waals surface area contributed by atoms with Gasteiger partial charge >= 0.3 is 0 Å². The first-order valence-electron chi connectivity index (χ1n) is 5.14. The Hall–Kier alpha value is -1.74. The summed E-state index contributed by atoms with van der Waals surface area (Å²) in [5, 5.41) is 0.397. The van der Waals surface area contributed by atoms with Crippen molar-refractivity contribution < 1.29 is 9.47 Å². The third-order valence-corrected chi connectivity index (χ3v) is 2.43. The van der Waals surface area contributed by atoms with Gasteiger partial charge in [0.15, 0.2) is 11.5 Å². The van der Waals surface area contributed by atoms with Gasteiger partial charge in [0.2, 0.25) is 5.88 Å². The number of aromatic nitrogens is 1. The maximum Gasteiger partial charge on any atom is 0.220 e. The van der Waals surface area contributed by atoms with Gasteiger partial charge in [-0.05, 0) is 30.7 Å². The van der Waals surface area contributed by atoms with E-state index in [1.807, 2.05) is 25.1 Å². The molecule has 0 unspecified atom stereocenters. The highest BCUT2D eigenvalue weighted by atomic mass is 35.5. The number of hydrogen-bond donors (Lipinski definition) is 0. The van der Waals surface area contributed by atoms with Crippen LogP contribution in [0.4, 0.5) is 0 Å². The van der Waals surface area contributed by atoms with Gasteiger partial charge in [-0.25, -0.2) is 4.98 Å². The van der Waals surface area contributed by atoms with Crippen molar-refractivity contribution in [3.8, 4) is 17.4 Å². The third-order valence-electron chi connectivity index (χ3n) is 2.22. The number of rotatable bonds is 3. The van der Waals surface area contributed by atoms with Gasteiger partial charge in [-0.15, -0.1) is 0 Å². The number of hydrogen-bond acceptors (Lipinski definition) is 3. The number of halogens is 1. The maximum atomic E-state index is 5.79. The summed E-state index contributed by atoms with van der Waals surface area (Å²) >= 11 is 5.79. The smallest absolute Gasteiger partial charge is 0.220 e. The van der Waals surface area contributed by atoms with Crippen molar-refractivity contribution in [3.05, 3.63) is 47.1 Å². The largest absolute Gasteiger partial charge is 0.493 e. The van der Waals surface area contributed by atoms with Crippen LogP contribution in [0.1, 0.15) is 5.56 Å². The van der Waals surface area contributed by atoms with E-state index < -0.39 is 0 Å². The van der Waals surface area contributed by atoms with E-state index in [0.29, 0.717) is 22.5 Å². The summed E-state index contributed by atoms with van der Waals surface area (Å²) in [6.45, 7) is 1.99. The van der Waals surface area contributed by atoms with Crippen molar-refractivity contribution in [2.45, 2.75) is 6.92 Å². The van der Waals surface area contributed by atoms with Gasteiger partial charge in [0.25, 0.3) is 0 Å². The van der Waals surface area contributed by atoms with Crippen LogP contribution in [0.15, 0.2) is 36.4 Å². The average Bonchev–Trinajstić information content (AvgIpc) is 2.31. The zero-order chi connectivity index (χ0) is 12.3. The molecule has 1 heterocycles. The Morgan fingerprint density at radius 3 is 2.65 bits per heavy atom. The maximum absolute atomic E-state index is 5.79. The molecule has 0 spiro atoms. The van der Waals surface area contributed by atoms with Gasteiger partial charge in [-0.2, -0.15) is 0 Å². The molecule has 1 aromatic heterocycles. The molecule has 2 rings (SSSR count). The minimum absolute atomic E-state index is 0.397. The molecule has 3 nitrogen and oxygen atoms in total. The number of aryl methyl sites for hydroxylation is 1. The lowest BCUT2D eigenvalue weighted by Gasteiger charge is -2.10. The zero-order valence-electron chi connectivity index (χ0n) is 9.61. The van der Waals surface area contributed by atoms with Crippen molar-refractivity contribution in [2.75, 3.05) is 7.11 Å². The van der Waals surface area contributed by atoms with Crippen LogP contribution in [-0.2, 0) is 0 Å². The van der Waals surface area contributed by atoms with Crippen molar-refractivity contribution in [1.82, 2.24) is 4.98 Å². The molecule has 0 aliphatic carbocycles. The van der Waals surface area contributed by atoms with Crippen LogP contribution in [0.3, 0.4) is 0 Å². The Morgan fingerprint density at radius 2 is 1.94 bits per heavy atom. The van der Waals surface area contributed by atoms with Crippen LogP contribution in [-0.4, -0.2) is 12.1 Å². The van der Waals surface area contributed by atoms with Gasteiger partial charge in [0, 0.05) is 6.07 Å². The Labute approximate surface area is 105 Å². The summed E-state index contributed by atoms with van der Waals surface area (Å²) < 4.78 is 10.9. The molecule has 0 aliphatic rings. The Kier molecular flexibility index (Phi) is 3.49. The predicted octanol–water partition coefficient (Wildman–Crippen LogP) is 3.84. The number of pyridine rings is 1. The van der Waals surface area contributed by atoms with Gasteiger partial charge in [0.05, 0.1) is 7.11 Å². The van der Waals surface area contributed by atoms with Crippen molar-refractivity contribution in [1.29, 1.82) is 0 Å². The second-order valence-electron chi connectivity index (χ2n) is 3.55. The lowest BCUT2D eigenvalue weighted by atomic mass is 10.2.